The topological polar surface area (TPSA) is 74.0 Å². The van der Waals surface area contributed by atoms with E-state index in [1.54, 1.807) is 0 Å². The predicted molar refractivity (Wildman–Crippen MR) is 137 cm³/mol. The standard InChI is InChI=1S/C27H49N3O3/c1-3-5-7-9-11-13-17-26(31)28-19-15-21-30(23-25-24-33-25)22-16-20-29-27(32)18-14-12-10-8-6-4-2/h5-8,25H,3-4,9-24H2,1-2H3,(H,28,31)(H,29,32)/b7-5+,8-6+. The largest absolute Gasteiger partial charge is 0.372 e. The summed E-state index contributed by atoms with van der Waals surface area (Å²) in [5.41, 5.74) is 0. The van der Waals surface area contributed by atoms with Gasteiger partial charge in [0.05, 0.1) is 12.7 Å². The van der Waals surface area contributed by atoms with E-state index in [2.05, 4.69) is 53.7 Å². The van der Waals surface area contributed by atoms with E-state index in [0.29, 0.717) is 18.9 Å². The van der Waals surface area contributed by atoms with E-state index in [1.165, 1.54) is 0 Å². The van der Waals surface area contributed by atoms with Crippen LogP contribution in [0.4, 0.5) is 0 Å². The van der Waals surface area contributed by atoms with Crippen LogP contribution in [0.15, 0.2) is 24.3 Å². The van der Waals surface area contributed by atoms with Gasteiger partial charge in [-0.2, -0.15) is 0 Å². The van der Waals surface area contributed by atoms with Gasteiger partial charge in [-0.1, -0.05) is 38.2 Å². The number of epoxide rings is 1. The molecule has 0 radical (unpaired) electrons. The van der Waals surface area contributed by atoms with Crippen LogP contribution < -0.4 is 10.6 Å². The van der Waals surface area contributed by atoms with Crippen molar-refractivity contribution >= 4 is 11.8 Å². The van der Waals surface area contributed by atoms with Crippen LogP contribution in [0.5, 0.6) is 0 Å². The minimum Gasteiger partial charge on any atom is -0.372 e. The van der Waals surface area contributed by atoms with E-state index in [1.807, 2.05) is 0 Å². The van der Waals surface area contributed by atoms with E-state index in [4.69, 9.17) is 4.74 Å². The number of nitrogens with one attached hydrogen (secondary N) is 2. The summed E-state index contributed by atoms with van der Waals surface area (Å²) in [7, 11) is 0. The Labute approximate surface area is 202 Å². The normalized spacial score (nSPS) is 15.5. The molecule has 1 saturated heterocycles. The van der Waals surface area contributed by atoms with Crippen LogP contribution in [0.3, 0.4) is 0 Å². The molecular weight excluding hydrogens is 414 g/mol. The van der Waals surface area contributed by atoms with Gasteiger partial charge in [-0.05, 0) is 77.3 Å². The molecule has 1 fully saturated rings. The van der Waals surface area contributed by atoms with Gasteiger partial charge in [0.1, 0.15) is 0 Å². The number of rotatable bonds is 22. The molecule has 1 unspecified atom stereocenters. The smallest absolute Gasteiger partial charge is 0.219 e. The molecule has 0 aromatic rings. The van der Waals surface area contributed by atoms with Gasteiger partial charge in [0.2, 0.25) is 11.8 Å². The molecule has 1 heterocycles. The molecule has 1 aliphatic heterocycles. The second-order valence-electron chi connectivity index (χ2n) is 8.91. The Morgan fingerprint density at radius 2 is 1.27 bits per heavy atom. The highest BCUT2D eigenvalue weighted by Gasteiger charge is 2.25. The average molecular weight is 464 g/mol. The van der Waals surface area contributed by atoms with Crippen LogP contribution in [0.2, 0.25) is 0 Å². The molecule has 0 bridgehead atoms. The van der Waals surface area contributed by atoms with E-state index in [-0.39, 0.29) is 11.8 Å². The van der Waals surface area contributed by atoms with Crippen molar-refractivity contribution in [1.82, 2.24) is 15.5 Å². The summed E-state index contributed by atoms with van der Waals surface area (Å²) < 4.78 is 5.40. The lowest BCUT2D eigenvalue weighted by Gasteiger charge is -2.21. The highest BCUT2D eigenvalue weighted by Crippen LogP contribution is 2.11. The van der Waals surface area contributed by atoms with Gasteiger partial charge >= 0.3 is 0 Å². The highest BCUT2D eigenvalue weighted by atomic mass is 16.6. The molecule has 0 aromatic carbocycles. The van der Waals surface area contributed by atoms with Crippen molar-refractivity contribution in [1.29, 1.82) is 0 Å². The van der Waals surface area contributed by atoms with Crippen LogP contribution in [-0.2, 0) is 14.3 Å². The molecule has 2 amide bonds. The van der Waals surface area contributed by atoms with Gasteiger partial charge in [-0.3, -0.25) is 9.59 Å². The summed E-state index contributed by atoms with van der Waals surface area (Å²) in [6.07, 6.45) is 20.6. The first-order valence-corrected chi connectivity index (χ1v) is 13.3. The number of hydrogen-bond donors (Lipinski definition) is 2. The van der Waals surface area contributed by atoms with Crippen molar-refractivity contribution in [3.63, 3.8) is 0 Å². The molecule has 6 nitrogen and oxygen atoms in total. The summed E-state index contributed by atoms with van der Waals surface area (Å²) in [6.45, 7) is 9.40. The third-order valence-electron chi connectivity index (χ3n) is 5.66. The first-order valence-electron chi connectivity index (χ1n) is 13.3. The number of allylic oxidation sites excluding steroid dienone is 4. The number of carbonyl (C=O) groups is 2. The quantitative estimate of drug-likeness (QED) is 0.138. The van der Waals surface area contributed by atoms with E-state index in [0.717, 1.165) is 104 Å². The molecule has 0 saturated carbocycles. The molecule has 1 rings (SSSR count). The number of carbonyl (C=O) groups excluding carboxylic acids is 2. The number of nitrogens with zero attached hydrogens (tertiary/aromatic N) is 1. The van der Waals surface area contributed by atoms with Crippen molar-refractivity contribution in [3.05, 3.63) is 24.3 Å². The predicted octanol–water partition coefficient (Wildman–Crippen LogP) is 4.75. The van der Waals surface area contributed by atoms with E-state index >= 15 is 0 Å². The molecule has 2 N–H and O–H groups in total. The van der Waals surface area contributed by atoms with Gasteiger partial charge in [0.25, 0.3) is 0 Å². The van der Waals surface area contributed by atoms with Crippen molar-refractivity contribution in [2.24, 2.45) is 0 Å². The van der Waals surface area contributed by atoms with E-state index < -0.39 is 0 Å². The van der Waals surface area contributed by atoms with Crippen LogP contribution in [0.25, 0.3) is 0 Å². The fraction of sp³-hybridized carbons (Fsp3) is 0.778. The van der Waals surface area contributed by atoms with Gasteiger partial charge < -0.3 is 20.3 Å². The van der Waals surface area contributed by atoms with Crippen LogP contribution in [-0.4, -0.2) is 62.1 Å². The minimum atomic E-state index is 0.163. The molecule has 0 aliphatic carbocycles. The molecule has 33 heavy (non-hydrogen) atoms. The molecule has 1 atom stereocenters. The van der Waals surface area contributed by atoms with Crippen molar-refractivity contribution in [2.45, 2.75) is 97.0 Å². The van der Waals surface area contributed by atoms with Gasteiger partial charge in [-0.15, -0.1) is 0 Å². The number of hydrogen-bond acceptors (Lipinski definition) is 4. The summed E-state index contributed by atoms with van der Waals surface area (Å²) in [6, 6.07) is 0. The van der Waals surface area contributed by atoms with E-state index in [9.17, 15) is 9.59 Å². The second kappa shape index (κ2) is 20.9. The van der Waals surface area contributed by atoms with Gasteiger partial charge in [0.15, 0.2) is 0 Å². The SMILES string of the molecule is CC/C=C/CCCCC(=O)NCCCN(CCCNC(=O)CCCC/C=C/CC)CC1CO1. The molecular formula is C27H49N3O3. The molecule has 1 aliphatic rings. The summed E-state index contributed by atoms with van der Waals surface area (Å²) >= 11 is 0. The average Bonchev–Trinajstić information content (AvgIpc) is 3.62. The summed E-state index contributed by atoms with van der Waals surface area (Å²) in [5.74, 6) is 0.325. The van der Waals surface area contributed by atoms with Crippen LogP contribution in [0, 0.1) is 0 Å². The highest BCUT2D eigenvalue weighted by molar-refractivity contribution is 5.76. The maximum absolute atomic E-state index is 12.0. The number of ether oxygens (including phenoxy) is 1. The molecule has 190 valence electrons. The molecule has 6 heteroatoms. The third-order valence-corrected chi connectivity index (χ3v) is 5.66. The Balaban J connectivity index is 2.06. The fourth-order valence-electron chi connectivity index (χ4n) is 3.66. The number of unbranched alkanes of at least 4 members (excludes halogenated alkanes) is 4. The van der Waals surface area contributed by atoms with Gasteiger partial charge in [0, 0.05) is 32.5 Å². The summed E-state index contributed by atoms with van der Waals surface area (Å²) in [5, 5.41) is 6.10. The number of amides is 2. The van der Waals surface area contributed by atoms with Crippen LogP contribution in [0.1, 0.15) is 90.9 Å². The lowest BCUT2D eigenvalue weighted by Crippen LogP contribution is -2.34. The lowest BCUT2D eigenvalue weighted by atomic mass is 10.1. The lowest BCUT2D eigenvalue weighted by molar-refractivity contribution is -0.122. The maximum atomic E-state index is 12.0. The minimum absolute atomic E-state index is 0.163. The third kappa shape index (κ3) is 19.5. The van der Waals surface area contributed by atoms with Crippen molar-refractivity contribution < 1.29 is 14.3 Å². The zero-order valence-corrected chi connectivity index (χ0v) is 21.3. The Kier molecular flexibility index (Phi) is 18.6. The summed E-state index contributed by atoms with van der Waals surface area (Å²) in [4.78, 5) is 26.3. The first-order chi connectivity index (χ1) is 16.2. The fourth-order valence-corrected chi connectivity index (χ4v) is 3.66. The first kappa shape index (κ1) is 29.4. The molecule has 0 aromatic heterocycles. The van der Waals surface area contributed by atoms with Crippen molar-refractivity contribution in [3.8, 4) is 0 Å². The molecule has 0 spiro atoms. The van der Waals surface area contributed by atoms with Crippen molar-refractivity contribution in [2.75, 3.05) is 39.3 Å². The van der Waals surface area contributed by atoms with Crippen LogP contribution >= 0.6 is 0 Å². The Bertz CT molecular complexity index is 517. The Morgan fingerprint density at radius 3 is 1.70 bits per heavy atom. The maximum Gasteiger partial charge on any atom is 0.219 e. The second-order valence-corrected chi connectivity index (χ2v) is 8.91. The monoisotopic (exact) mass is 463 g/mol. The Morgan fingerprint density at radius 1 is 0.788 bits per heavy atom. The zero-order chi connectivity index (χ0) is 24.0. The zero-order valence-electron chi connectivity index (χ0n) is 21.3. The van der Waals surface area contributed by atoms with Gasteiger partial charge in [-0.25, -0.2) is 0 Å². The Hall–Kier alpha value is -1.66.